The highest BCUT2D eigenvalue weighted by molar-refractivity contribution is 5.99. The molecule has 3 aromatic carbocycles. The summed E-state index contributed by atoms with van der Waals surface area (Å²) in [5, 5.41) is 44.6. The Morgan fingerprint density at radius 3 is 1.24 bits per heavy atom. The van der Waals surface area contributed by atoms with E-state index in [0.29, 0.717) is 23.0 Å². The maximum Gasteiger partial charge on any atom is 0.170 e. The van der Waals surface area contributed by atoms with Gasteiger partial charge in [0, 0.05) is 11.4 Å². The van der Waals surface area contributed by atoms with Crippen LogP contribution < -0.4 is 20.4 Å². The number of para-hydroxylation sites is 2. The standard InChI is InChI=1S/C26H14N8/c27-13-17(14-28)25-31-21-12-24-22(11-23(21)33(25)19-7-3-1-4-8-19)32-26(18(15-29)16-30)34(24)20-9-5-2-6-10-20/h1-12,31-32H. The van der Waals surface area contributed by atoms with Gasteiger partial charge in [0.1, 0.15) is 35.9 Å². The van der Waals surface area contributed by atoms with Crippen LogP contribution in [0.4, 0.5) is 34.1 Å². The molecule has 0 spiro atoms. The number of nitrogens with one attached hydrogen (secondary N) is 2. The Morgan fingerprint density at radius 1 is 0.559 bits per heavy atom. The number of allylic oxidation sites excluding steroid dienone is 2. The van der Waals surface area contributed by atoms with E-state index in [1.165, 1.54) is 0 Å². The zero-order chi connectivity index (χ0) is 23.7. The van der Waals surface area contributed by atoms with Gasteiger partial charge in [-0.15, -0.1) is 0 Å². The minimum absolute atomic E-state index is 0.0510. The lowest BCUT2D eigenvalue weighted by Gasteiger charge is -2.21. The third-order valence-electron chi connectivity index (χ3n) is 5.50. The Labute approximate surface area is 195 Å². The molecule has 0 saturated carbocycles. The average molecular weight is 438 g/mol. The number of nitriles is 4. The molecular formula is C26H14N8. The van der Waals surface area contributed by atoms with Crippen molar-refractivity contribution >= 4 is 34.1 Å². The van der Waals surface area contributed by atoms with Crippen LogP contribution in [-0.4, -0.2) is 0 Å². The maximum absolute atomic E-state index is 9.55. The van der Waals surface area contributed by atoms with Gasteiger partial charge >= 0.3 is 0 Å². The number of rotatable bonds is 2. The van der Waals surface area contributed by atoms with Crippen molar-refractivity contribution in [3.05, 3.63) is 95.6 Å². The quantitative estimate of drug-likeness (QED) is 0.514. The van der Waals surface area contributed by atoms with Gasteiger partial charge in [0.25, 0.3) is 0 Å². The minimum Gasteiger partial charge on any atom is -0.338 e. The third kappa shape index (κ3) is 3.05. The molecule has 2 N–H and O–H groups in total. The molecule has 34 heavy (non-hydrogen) atoms. The first-order valence-electron chi connectivity index (χ1n) is 10.2. The highest BCUT2D eigenvalue weighted by Gasteiger charge is 2.35. The molecule has 2 aliphatic rings. The van der Waals surface area contributed by atoms with Crippen LogP contribution in [-0.2, 0) is 0 Å². The van der Waals surface area contributed by atoms with E-state index in [2.05, 4.69) is 10.6 Å². The van der Waals surface area contributed by atoms with Gasteiger partial charge in [-0.3, -0.25) is 9.80 Å². The van der Waals surface area contributed by atoms with Crippen LogP contribution in [0.15, 0.2) is 95.6 Å². The Morgan fingerprint density at radius 2 is 0.912 bits per heavy atom. The molecule has 0 fully saturated rings. The molecule has 0 unspecified atom stereocenters. The summed E-state index contributed by atoms with van der Waals surface area (Å²) in [5.41, 5.74) is 4.25. The zero-order valence-corrected chi connectivity index (χ0v) is 17.6. The summed E-state index contributed by atoms with van der Waals surface area (Å²) in [7, 11) is 0. The number of anilines is 6. The molecule has 0 atom stereocenters. The summed E-state index contributed by atoms with van der Waals surface area (Å²) < 4.78 is 0. The first-order valence-corrected chi connectivity index (χ1v) is 10.2. The number of nitrogens with zero attached hydrogens (tertiary/aromatic N) is 6. The van der Waals surface area contributed by atoms with Crippen molar-refractivity contribution in [1.29, 1.82) is 21.0 Å². The molecule has 0 saturated heterocycles. The number of hydrogen-bond acceptors (Lipinski definition) is 8. The molecule has 8 nitrogen and oxygen atoms in total. The molecule has 2 aliphatic heterocycles. The van der Waals surface area contributed by atoms with E-state index >= 15 is 0 Å². The normalized spacial score (nSPS) is 12.8. The summed E-state index contributed by atoms with van der Waals surface area (Å²) in [6.07, 6.45) is 0. The highest BCUT2D eigenvalue weighted by Crippen LogP contribution is 2.51. The van der Waals surface area contributed by atoms with Gasteiger partial charge in [0.05, 0.1) is 22.7 Å². The van der Waals surface area contributed by atoms with Gasteiger partial charge in [-0.25, -0.2) is 0 Å². The van der Waals surface area contributed by atoms with E-state index in [0.717, 1.165) is 22.7 Å². The van der Waals surface area contributed by atoms with E-state index in [1.807, 2.05) is 107 Å². The minimum atomic E-state index is -0.0510. The van der Waals surface area contributed by atoms with E-state index < -0.39 is 0 Å². The first-order chi connectivity index (χ1) is 16.7. The van der Waals surface area contributed by atoms with Crippen LogP contribution in [0.5, 0.6) is 0 Å². The number of benzene rings is 3. The van der Waals surface area contributed by atoms with Crippen LogP contribution in [0, 0.1) is 45.3 Å². The maximum atomic E-state index is 9.55. The lowest BCUT2D eigenvalue weighted by atomic mass is 10.1. The van der Waals surface area contributed by atoms with Crippen LogP contribution in [0.3, 0.4) is 0 Å². The van der Waals surface area contributed by atoms with Gasteiger partial charge in [-0.05, 0) is 36.4 Å². The van der Waals surface area contributed by atoms with Crippen molar-refractivity contribution in [3.8, 4) is 24.3 Å². The largest absolute Gasteiger partial charge is 0.338 e. The second-order valence-electron chi connectivity index (χ2n) is 7.37. The summed E-state index contributed by atoms with van der Waals surface area (Å²) in [6, 6.07) is 30.4. The van der Waals surface area contributed by atoms with E-state index in [9.17, 15) is 21.0 Å². The Kier molecular flexibility index (Phi) is 4.81. The summed E-state index contributed by atoms with van der Waals surface area (Å²) in [6.45, 7) is 0. The zero-order valence-electron chi connectivity index (χ0n) is 17.6. The van der Waals surface area contributed by atoms with E-state index in [-0.39, 0.29) is 11.1 Å². The van der Waals surface area contributed by atoms with Crippen LogP contribution in [0.2, 0.25) is 0 Å². The van der Waals surface area contributed by atoms with Crippen molar-refractivity contribution in [2.45, 2.75) is 0 Å². The van der Waals surface area contributed by atoms with E-state index in [1.54, 1.807) is 0 Å². The lowest BCUT2D eigenvalue weighted by molar-refractivity contribution is 1.20. The van der Waals surface area contributed by atoms with Gasteiger partial charge < -0.3 is 10.6 Å². The molecule has 0 aliphatic carbocycles. The molecule has 158 valence electrons. The van der Waals surface area contributed by atoms with Gasteiger partial charge in [-0.1, -0.05) is 36.4 Å². The Bertz CT molecular complexity index is 1390. The molecule has 3 aromatic rings. The van der Waals surface area contributed by atoms with Crippen molar-refractivity contribution in [2.24, 2.45) is 0 Å². The van der Waals surface area contributed by atoms with Crippen LogP contribution >= 0.6 is 0 Å². The van der Waals surface area contributed by atoms with Crippen molar-refractivity contribution in [1.82, 2.24) is 0 Å². The Balaban J connectivity index is 1.74. The topological polar surface area (TPSA) is 126 Å². The summed E-state index contributed by atoms with van der Waals surface area (Å²) in [5.74, 6) is 0.735. The predicted octanol–water partition coefficient (Wildman–Crippen LogP) is 5.33. The Hall–Kier alpha value is -5.70. The number of fused-ring (bicyclic) bond motifs is 2. The van der Waals surface area contributed by atoms with Crippen molar-refractivity contribution in [2.75, 3.05) is 20.4 Å². The SMILES string of the molecule is N#CC(C#N)=C1Nc2cc3c(cc2N1c1ccccc1)NC(=C(C#N)C#N)N3c1ccccc1. The molecular weight excluding hydrogens is 424 g/mol. The van der Waals surface area contributed by atoms with Crippen molar-refractivity contribution in [3.63, 3.8) is 0 Å². The highest BCUT2D eigenvalue weighted by atomic mass is 15.3. The fourth-order valence-corrected chi connectivity index (χ4v) is 4.06. The predicted molar refractivity (Wildman–Crippen MR) is 127 cm³/mol. The van der Waals surface area contributed by atoms with E-state index in [4.69, 9.17) is 0 Å². The molecule has 8 heteroatoms. The van der Waals surface area contributed by atoms with Crippen LogP contribution in [0.25, 0.3) is 0 Å². The second kappa shape index (κ2) is 8.09. The fraction of sp³-hybridized carbons (Fsp3) is 0. The first kappa shape index (κ1) is 20.2. The molecule has 0 bridgehead atoms. The smallest absolute Gasteiger partial charge is 0.170 e. The van der Waals surface area contributed by atoms with Gasteiger partial charge in [0.2, 0.25) is 0 Å². The van der Waals surface area contributed by atoms with Crippen molar-refractivity contribution < 1.29 is 0 Å². The lowest BCUT2D eigenvalue weighted by Crippen LogP contribution is -2.17. The second-order valence-corrected chi connectivity index (χ2v) is 7.37. The van der Waals surface area contributed by atoms with Gasteiger partial charge in [0.15, 0.2) is 11.1 Å². The monoisotopic (exact) mass is 438 g/mol. The third-order valence-corrected chi connectivity index (χ3v) is 5.50. The number of hydrogen-bond donors (Lipinski definition) is 2. The molecule has 0 amide bonds. The van der Waals surface area contributed by atoms with Crippen LogP contribution in [0.1, 0.15) is 0 Å². The molecule has 0 radical (unpaired) electrons. The summed E-state index contributed by atoms with van der Waals surface area (Å²) >= 11 is 0. The fourth-order valence-electron chi connectivity index (χ4n) is 4.06. The summed E-state index contributed by atoms with van der Waals surface area (Å²) in [4.78, 5) is 3.62. The average Bonchev–Trinajstić information content (AvgIpc) is 3.43. The van der Waals surface area contributed by atoms with Gasteiger partial charge in [-0.2, -0.15) is 21.0 Å². The molecule has 2 heterocycles. The molecule has 5 rings (SSSR count). The molecule has 0 aromatic heterocycles.